The Kier molecular flexibility index (Phi) is 10.3. The molecule has 2 aromatic rings. The molecule has 0 atom stereocenters. The predicted octanol–water partition coefficient (Wildman–Crippen LogP) is 3.87. The van der Waals surface area contributed by atoms with Crippen LogP contribution in [0, 0.1) is 0 Å². The summed E-state index contributed by atoms with van der Waals surface area (Å²) in [6.07, 6.45) is 3.23. The normalized spacial score (nSPS) is 14.5. The van der Waals surface area contributed by atoms with Crippen LogP contribution in [0.5, 0.6) is 0 Å². The van der Waals surface area contributed by atoms with E-state index in [0.29, 0.717) is 38.5 Å². The molecule has 2 amide bonds. The van der Waals surface area contributed by atoms with E-state index in [1.54, 1.807) is 23.1 Å². The van der Waals surface area contributed by atoms with Crippen LogP contribution in [-0.2, 0) is 16.0 Å². The number of benzene rings is 1. The standard InChI is InChI=1S/C22H31N5O2S3/c1-3-5-14-30-21-24-25-22(32-21)31-16-20(29)27-12-10-26(11-13-27)15-19(28)23-18-9-7-6-8-17(18)4-2/h6-9H,3-5,10-16H2,1-2H3,(H,23,28). The summed E-state index contributed by atoms with van der Waals surface area (Å²) in [5.74, 6) is 1.54. The highest BCUT2D eigenvalue weighted by atomic mass is 32.2. The van der Waals surface area contributed by atoms with Crippen molar-refractivity contribution in [3.8, 4) is 0 Å². The maximum atomic E-state index is 12.6. The molecule has 0 saturated carbocycles. The average molecular weight is 494 g/mol. The second kappa shape index (κ2) is 13.2. The molecule has 1 aliphatic heterocycles. The molecule has 0 radical (unpaired) electrons. The third-order valence-corrected chi connectivity index (χ3v) is 8.46. The fraction of sp³-hybridized carbons (Fsp3) is 0.545. The Hall–Kier alpha value is -1.62. The Morgan fingerprint density at radius 1 is 1.06 bits per heavy atom. The molecule has 0 bridgehead atoms. The van der Waals surface area contributed by atoms with Gasteiger partial charge in [0, 0.05) is 37.6 Å². The quantitative estimate of drug-likeness (QED) is 0.376. The molecule has 1 saturated heterocycles. The summed E-state index contributed by atoms with van der Waals surface area (Å²) < 4.78 is 1.82. The molecule has 0 spiro atoms. The number of rotatable bonds is 11. The fourth-order valence-corrected chi connectivity index (χ4v) is 6.41. The molecular formula is C22H31N5O2S3. The van der Waals surface area contributed by atoms with Gasteiger partial charge in [-0.05, 0) is 24.5 Å². The number of piperazine rings is 1. The lowest BCUT2D eigenvalue weighted by Gasteiger charge is -2.34. The highest BCUT2D eigenvalue weighted by molar-refractivity contribution is 8.03. The van der Waals surface area contributed by atoms with Crippen LogP contribution in [0.15, 0.2) is 32.9 Å². The van der Waals surface area contributed by atoms with Crippen LogP contribution >= 0.6 is 34.9 Å². The Balaban J connectivity index is 1.36. The Labute approximate surface area is 202 Å². The van der Waals surface area contributed by atoms with Crippen molar-refractivity contribution in [2.75, 3.05) is 49.5 Å². The van der Waals surface area contributed by atoms with Crippen LogP contribution < -0.4 is 5.32 Å². The van der Waals surface area contributed by atoms with Gasteiger partial charge < -0.3 is 10.2 Å². The van der Waals surface area contributed by atoms with E-state index in [0.717, 1.165) is 32.1 Å². The van der Waals surface area contributed by atoms with E-state index in [4.69, 9.17) is 0 Å². The van der Waals surface area contributed by atoms with E-state index < -0.39 is 0 Å². The second-order valence-electron chi connectivity index (χ2n) is 7.54. The second-order valence-corrected chi connectivity index (χ2v) is 11.1. The molecule has 0 unspecified atom stereocenters. The van der Waals surface area contributed by atoms with Crippen LogP contribution in [0.2, 0.25) is 0 Å². The molecule has 1 aromatic heterocycles. The van der Waals surface area contributed by atoms with Crippen molar-refractivity contribution in [2.45, 2.75) is 41.8 Å². The molecule has 2 heterocycles. The lowest BCUT2D eigenvalue weighted by Crippen LogP contribution is -2.50. The Morgan fingerprint density at radius 3 is 2.50 bits per heavy atom. The molecule has 1 fully saturated rings. The molecule has 1 aliphatic rings. The lowest BCUT2D eigenvalue weighted by atomic mass is 10.1. The van der Waals surface area contributed by atoms with Gasteiger partial charge >= 0.3 is 0 Å². The van der Waals surface area contributed by atoms with Crippen LogP contribution in [0.1, 0.15) is 32.3 Å². The van der Waals surface area contributed by atoms with E-state index in [1.165, 1.54) is 24.6 Å². The zero-order valence-corrected chi connectivity index (χ0v) is 21.2. The number of anilines is 1. The van der Waals surface area contributed by atoms with Gasteiger partial charge in [0.15, 0.2) is 8.68 Å². The SMILES string of the molecule is CCCCSc1nnc(SCC(=O)N2CCN(CC(=O)Nc3ccccc3CC)CC2)s1. The Morgan fingerprint density at radius 2 is 1.78 bits per heavy atom. The lowest BCUT2D eigenvalue weighted by molar-refractivity contribution is -0.130. The fourth-order valence-electron chi connectivity index (χ4n) is 3.33. The maximum Gasteiger partial charge on any atom is 0.238 e. The first kappa shape index (κ1) is 25.0. The number of para-hydroxylation sites is 1. The van der Waals surface area contributed by atoms with Crippen molar-refractivity contribution in [1.29, 1.82) is 0 Å². The smallest absolute Gasteiger partial charge is 0.238 e. The first-order valence-electron chi connectivity index (χ1n) is 11.1. The number of carbonyl (C=O) groups excluding carboxylic acids is 2. The van der Waals surface area contributed by atoms with E-state index in [2.05, 4.69) is 34.3 Å². The summed E-state index contributed by atoms with van der Waals surface area (Å²) in [4.78, 5) is 29.0. The minimum absolute atomic E-state index is 0.00916. The van der Waals surface area contributed by atoms with E-state index >= 15 is 0 Å². The minimum atomic E-state index is -0.00916. The molecule has 174 valence electrons. The van der Waals surface area contributed by atoms with E-state index in [9.17, 15) is 9.59 Å². The molecule has 32 heavy (non-hydrogen) atoms. The number of carbonyl (C=O) groups is 2. The van der Waals surface area contributed by atoms with Gasteiger partial charge in [-0.3, -0.25) is 14.5 Å². The van der Waals surface area contributed by atoms with Crippen LogP contribution in [-0.4, -0.2) is 76.0 Å². The number of aryl methyl sites for hydroxylation is 1. The summed E-state index contributed by atoms with van der Waals surface area (Å²) >= 11 is 4.76. The van der Waals surface area contributed by atoms with Crippen molar-refractivity contribution in [3.05, 3.63) is 29.8 Å². The topological polar surface area (TPSA) is 78.4 Å². The van der Waals surface area contributed by atoms with Gasteiger partial charge in [0.1, 0.15) is 0 Å². The number of amides is 2. The molecule has 0 aliphatic carbocycles. The average Bonchev–Trinajstić information content (AvgIpc) is 3.26. The van der Waals surface area contributed by atoms with Crippen LogP contribution in [0.3, 0.4) is 0 Å². The van der Waals surface area contributed by atoms with Gasteiger partial charge in [0.2, 0.25) is 11.8 Å². The van der Waals surface area contributed by atoms with Crippen molar-refractivity contribution < 1.29 is 9.59 Å². The van der Waals surface area contributed by atoms with Crippen molar-refractivity contribution in [1.82, 2.24) is 20.0 Å². The summed E-state index contributed by atoms with van der Waals surface area (Å²) in [5, 5.41) is 11.4. The summed E-state index contributed by atoms with van der Waals surface area (Å²) in [7, 11) is 0. The summed E-state index contributed by atoms with van der Waals surface area (Å²) in [6, 6.07) is 7.90. The first-order chi connectivity index (χ1) is 15.6. The molecule has 10 heteroatoms. The highest BCUT2D eigenvalue weighted by Gasteiger charge is 2.23. The zero-order valence-electron chi connectivity index (χ0n) is 18.7. The van der Waals surface area contributed by atoms with E-state index in [-0.39, 0.29) is 11.8 Å². The molecule has 1 aromatic carbocycles. The maximum absolute atomic E-state index is 12.6. The first-order valence-corrected chi connectivity index (χ1v) is 13.8. The third kappa shape index (κ3) is 7.75. The van der Waals surface area contributed by atoms with Crippen LogP contribution in [0.4, 0.5) is 5.69 Å². The van der Waals surface area contributed by atoms with Gasteiger partial charge in [-0.2, -0.15) is 0 Å². The van der Waals surface area contributed by atoms with Crippen molar-refractivity contribution in [3.63, 3.8) is 0 Å². The number of thioether (sulfide) groups is 2. The van der Waals surface area contributed by atoms with Gasteiger partial charge in [-0.1, -0.05) is 73.3 Å². The van der Waals surface area contributed by atoms with Gasteiger partial charge in [-0.25, -0.2) is 0 Å². The summed E-state index contributed by atoms with van der Waals surface area (Å²) in [5.41, 5.74) is 2.02. The van der Waals surface area contributed by atoms with E-state index in [1.807, 2.05) is 29.2 Å². The molecule has 1 N–H and O–H groups in total. The number of nitrogens with zero attached hydrogens (tertiary/aromatic N) is 4. The number of nitrogens with one attached hydrogen (secondary N) is 1. The Bertz CT molecular complexity index is 884. The monoisotopic (exact) mass is 493 g/mol. The number of hydrogen-bond acceptors (Lipinski definition) is 8. The predicted molar refractivity (Wildman–Crippen MR) is 134 cm³/mol. The number of unbranched alkanes of at least 4 members (excludes halogenated alkanes) is 1. The van der Waals surface area contributed by atoms with Crippen molar-refractivity contribution >= 4 is 52.4 Å². The largest absolute Gasteiger partial charge is 0.339 e. The minimum Gasteiger partial charge on any atom is -0.339 e. The molecular weight excluding hydrogens is 462 g/mol. The van der Waals surface area contributed by atoms with Gasteiger partial charge in [0.25, 0.3) is 0 Å². The summed E-state index contributed by atoms with van der Waals surface area (Å²) in [6.45, 7) is 7.30. The number of aromatic nitrogens is 2. The highest BCUT2D eigenvalue weighted by Crippen LogP contribution is 2.29. The molecule has 7 nitrogen and oxygen atoms in total. The third-order valence-electron chi connectivity index (χ3n) is 5.20. The molecule has 3 rings (SSSR count). The number of hydrogen-bond donors (Lipinski definition) is 1. The van der Waals surface area contributed by atoms with Crippen molar-refractivity contribution in [2.24, 2.45) is 0 Å². The van der Waals surface area contributed by atoms with Crippen LogP contribution in [0.25, 0.3) is 0 Å². The van der Waals surface area contributed by atoms with Gasteiger partial charge in [-0.15, -0.1) is 10.2 Å². The zero-order chi connectivity index (χ0) is 22.8. The van der Waals surface area contributed by atoms with Gasteiger partial charge in [0.05, 0.1) is 12.3 Å².